The maximum atomic E-state index is 2.43. The summed E-state index contributed by atoms with van der Waals surface area (Å²) in [7, 11) is 0. The van der Waals surface area contributed by atoms with E-state index in [0.29, 0.717) is 0 Å². The van der Waals surface area contributed by atoms with Crippen molar-refractivity contribution in [3.8, 4) is 84.1 Å². The lowest BCUT2D eigenvalue weighted by Gasteiger charge is -2.11. The van der Waals surface area contributed by atoms with E-state index >= 15 is 0 Å². The molecule has 22 aromatic carbocycles. The maximum absolute atomic E-state index is 2.43. The van der Waals surface area contributed by atoms with Crippen LogP contribution < -0.4 is 0 Å². The van der Waals surface area contributed by atoms with E-state index in [9.17, 15) is 0 Å². The first-order valence-corrected chi connectivity index (χ1v) is 51.3. The third-order valence-corrected chi connectivity index (χ3v) is 33.6. The Morgan fingerprint density at radius 3 is 0.681 bits per heavy atom. The van der Waals surface area contributed by atoms with Gasteiger partial charge in [-0.25, -0.2) is 0 Å². The summed E-state index contributed by atoms with van der Waals surface area (Å²) in [5.74, 6) is 0. The van der Waals surface area contributed by atoms with Crippen LogP contribution in [0.15, 0.2) is 491 Å². The van der Waals surface area contributed by atoms with Crippen molar-refractivity contribution in [3.63, 3.8) is 0 Å². The van der Waals surface area contributed by atoms with Crippen LogP contribution in [0.2, 0.25) is 0 Å². The van der Waals surface area contributed by atoms with Gasteiger partial charge in [0, 0.05) is 163 Å². The normalized spacial score (nSPS) is 12.0. The quantitative estimate of drug-likeness (QED) is 0.130. The van der Waals surface area contributed by atoms with E-state index in [-0.39, 0.29) is 0 Å². The molecular weight excluding hydrogens is 1780 g/mol. The number of nitrogens with zero attached hydrogens (tertiary/aromatic N) is 5. The van der Waals surface area contributed by atoms with E-state index in [1.165, 1.54) is 274 Å². The van der Waals surface area contributed by atoms with E-state index in [1.54, 1.807) is 0 Å². The highest BCUT2D eigenvalue weighted by atomic mass is 32.1. The lowest BCUT2D eigenvalue weighted by molar-refractivity contribution is 1.18. The van der Waals surface area contributed by atoms with Gasteiger partial charge in [-0.3, -0.25) is 0 Å². The van der Waals surface area contributed by atoms with Crippen molar-refractivity contribution in [3.05, 3.63) is 491 Å². The van der Waals surface area contributed by atoms with Crippen molar-refractivity contribution in [2.24, 2.45) is 0 Å². The summed E-state index contributed by atoms with van der Waals surface area (Å²) in [5, 5.41) is 23.4. The molecule has 31 aromatic rings. The fraction of sp³-hybridized carbons (Fsp3) is 0. The van der Waals surface area contributed by atoms with E-state index in [4.69, 9.17) is 0 Å². The van der Waals surface area contributed by atoms with Crippen molar-refractivity contribution >= 4 is 235 Å². The van der Waals surface area contributed by atoms with Crippen LogP contribution in [0.1, 0.15) is 0 Å². The van der Waals surface area contributed by atoms with Crippen LogP contribution >= 0.6 is 45.3 Å². The molecule has 0 radical (unpaired) electrons. The second kappa shape index (κ2) is 32.7. The zero-order valence-corrected chi connectivity index (χ0v) is 79.4. The molecule has 0 aliphatic rings. The number of fused-ring (bicyclic) bond motifs is 27. The highest BCUT2D eigenvalue weighted by Crippen LogP contribution is 2.50. The molecule has 0 fully saturated rings. The summed E-state index contributed by atoms with van der Waals surface area (Å²) in [6, 6.07) is 180. The molecular formula is C132H81N5S4. The fourth-order valence-electron chi connectivity index (χ4n) is 22.5. The molecule has 658 valence electrons. The Balaban J connectivity index is 0.000000102. The van der Waals surface area contributed by atoms with Crippen molar-refractivity contribution in [1.29, 1.82) is 0 Å². The monoisotopic (exact) mass is 1860 g/mol. The molecule has 0 spiro atoms. The van der Waals surface area contributed by atoms with Gasteiger partial charge in [0.2, 0.25) is 0 Å². The Morgan fingerprint density at radius 2 is 0.312 bits per heavy atom. The minimum absolute atomic E-state index is 1.17. The van der Waals surface area contributed by atoms with Crippen LogP contribution in [0.3, 0.4) is 0 Å². The van der Waals surface area contributed by atoms with Gasteiger partial charge in [-0.1, -0.05) is 285 Å². The zero-order valence-electron chi connectivity index (χ0n) is 76.1. The van der Waals surface area contributed by atoms with Crippen LogP contribution in [-0.2, 0) is 0 Å². The molecule has 0 saturated carbocycles. The summed E-state index contributed by atoms with van der Waals surface area (Å²) in [4.78, 5) is 0. The molecule has 0 amide bonds. The summed E-state index contributed by atoms with van der Waals surface area (Å²) < 4.78 is 22.6. The van der Waals surface area contributed by atoms with Gasteiger partial charge < -0.3 is 22.8 Å². The third kappa shape index (κ3) is 13.3. The Labute approximate surface area is 826 Å². The number of hydrogen-bond donors (Lipinski definition) is 0. The molecule has 0 aliphatic carbocycles. The average molecular weight is 1870 g/mol. The molecule has 9 heterocycles. The summed E-state index contributed by atoms with van der Waals surface area (Å²) in [6.45, 7) is 0. The molecule has 141 heavy (non-hydrogen) atoms. The Kier molecular flexibility index (Phi) is 18.8. The van der Waals surface area contributed by atoms with E-state index < -0.39 is 0 Å². The lowest BCUT2D eigenvalue weighted by Crippen LogP contribution is -1.94. The number of hydrogen-bond acceptors (Lipinski definition) is 4. The smallest absolute Gasteiger partial charge is 0.0555 e. The Morgan fingerprint density at radius 1 is 0.0993 bits per heavy atom. The second-order valence-electron chi connectivity index (χ2n) is 36.9. The molecule has 0 saturated heterocycles. The first-order valence-electron chi connectivity index (χ1n) is 48.0. The van der Waals surface area contributed by atoms with Gasteiger partial charge in [0.25, 0.3) is 0 Å². The molecule has 0 unspecified atom stereocenters. The van der Waals surface area contributed by atoms with Gasteiger partial charge in [0.1, 0.15) is 0 Å². The summed E-state index contributed by atoms with van der Waals surface area (Å²) >= 11 is 7.53. The van der Waals surface area contributed by atoms with E-state index in [1.807, 2.05) is 45.3 Å². The van der Waals surface area contributed by atoms with Crippen molar-refractivity contribution in [2.45, 2.75) is 0 Å². The topological polar surface area (TPSA) is 24.6 Å². The van der Waals surface area contributed by atoms with Gasteiger partial charge >= 0.3 is 0 Å². The van der Waals surface area contributed by atoms with E-state index in [0.717, 1.165) is 0 Å². The van der Waals surface area contributed by atoms with Crippen LogP contribution in [-0.4, -0.2) is 22.8 Å². The predicted octanol–water partition coefficient (Wildman–Crippen LogP) is 38.4. The van der Waals surface area contributed by atoms with Gasteiger partial charge in [0.05, 0.1) is 55.2 Å². The minimum atomic E-state index is 1.17. The number of rotatable bonds is 10. The summed E-state index contributed by atoms with van der Waals surface area (Å²) in [6.07, 6.45) is 0. The van der Waals surface area contributed by atoms with Gasteiger partial charge in [0.15, 0.2) is 0 Å². The van der Waals surface area contributed by atoms with Crippen LogP contribution in [0, 0.1) is 0 Å². The van der Waals surface area contributed by atoms with Crippen molar-refractivity contribution in [1.82, 2.24) is 22.8 Å². The molecule has 5 nitrogen and oxygen atoms in total. The minimum Gasteiger partial charge on any atom is -0.309 e. The highest BCUT2D eigenvalue weighted by molar-refractivity contribution is 7.27. The molecule has 31 rings (SSSR count). The number of thiophene rings is 4. The van der Waals surface area contributed by atoms with Crippen LogP contribution in [0.25, 0.3) is 274 Å². The molecule has 9 aromatic heterocycles. The van der Waals surface area contributed by atoms with Crippen LogP contribution in [0.5, 0.6) is 0 Å². The first kappa shape index (κ1) is 80.9. The summed E-state index contributed by atoms with van der Waals surface area (Å²) in [5.41, 5.74) is 30.6. The molecule has 0 aliphatic heterocycles. The van der Waals surface area contributed by atoms with E-state index in [2.05, 4.69) is 514 Å². The molecule has 0 N–H and O–H groups in total. The second-order valence-corrected chi connectivity index (χ2v) is 41.2. The zero-order chi connectivity index (χ0) is 92.4. The van der Waals surface area contributed by atoms with Crippen LogP contribution in [0.4, 0.5) is 0 Å². The molecule has 0 atom stereocenters. The number of aromatic nitrogens is 5. The van der Waals surface area contributed by atoms with Gasteiger partial charge in [-0.2, -0.15) is 0 Å². The maximum Gasteiger partial charge on any atom is 0.0555 e. The van der Waals surface area contributed by atoms with Crippen molar-refractivity contribution in [2.75, 3.05) is 0 Å². The first-order chi connectivity index (χ1) is 69.9. The van der Waals surface area contributed by atoms with Crippen molar-refractivity contribution < 1.29 is 0 Å². The largest absolute Gasteiger partial charge is 0.309 e. The SMILES string of the molecule is c1ccc(-c2ccc(-n3c4ccccc4c4cc(-c5ccc6sc7cc8c(cc7c6c5)c5ccccc5n8-c5ccccc5)ccc43)cc2)cc1.c1ccc(-c2cccc(-n3c4ccccc4c4cc(-c5ccc6sc7cc8c(cc7c6c5)c5ccccc5n8-c5ccccc5)ccc43)c2)cc1.c1ccc(-n2c3ccccc3c3cc4c(cc32)sc2ccc(-c3ccc5sc6ccccc6c5c3)cc24)cc1. The molecule has 9 heteroatoms. The number of para-hydroxylation sites is 8. The third-order valence-electron chi connectivity index (χ3n) is 29.0. The highest BCUT2D eigenvalue weighted by Gasteiger charge is 2.24. The molecule has 0 bridgehead atoms. The van der Waals surface area contributed by atoms with Gasteiger partial charge in [-0.15, -0.1) is 45.3 Å². The Bertz CT molecular complexity index is 10500. The predicted molar refractivity (Wildman–Crippen MR) is 610 cm³/mol. The standard InChI is InChI=1S/2C48H30N2S.C36H21NS2/c1-3-12-31(13-4-1)32-14-11-17-36(26-32)50-44-21-10-7-18-37(44)39-27-33(22-24-45(39)50)34-23-25-47-41(28-34)42-29-40-38-19-8-9-20-43(38)49(35-15-5-2-6-16-35)46(40)30-48(42)51-47;1-3-11-31(12-4-1)32-19-23-36(24-20-32)49-43-17-9-7-15-37(43)39-27-33(21-25-45(39)49)34-22-26-47-41(28-34)42-29-40-38-16-8-10-18-44(38)50(35-13-5-2-6-14-35)46(40)30-48(42)51-47;1-2-8-24(9-3-1)37-31-12-6-4-10-25(31)27-20-30-29-19-23(15-17-35(29)39-36(30)21-32(27)37)22-14-16-34-28(18-22)26-11-5-7-13-33(26)38-34/h2*1-30H;1-21H. The fourth-order valence-corrected chi connectivity index (χ4v) is 26.9. The van der Waals surface area contributed by atoms with Gasteiger partial charge in [-0.05, 0) is 262 Å². The average Bonchev–Trinajstić information content (AvgIpc) is 1.58. The number of benzene rings is 22. The lowest BCUT2D eigenvalue weighted by atomic mass is 10.00. The Hall–Kier alpha value is -17.3.